The number of halogens is 1. The molecule has 2 heterocycles. The smallest absolute Gasteiger partial charge is 0.222 e. The molecule has 0 radical (unpaired) electrons. The molecule has 1 aromatic rings. The molecule has 3 atom stereocenters. The summed E-state index contributed by atoms with van der Waals surface area (Å²) in [5, 5.41) is 12.2. The Labute approximate surface area is 136 Å². The third kappa shape index (κ3) is 5.25. The minimum absolute atomic E-state index is 0. The highest BCUT2D eigenvalue weighted by Crippen LogP contribution is 2.29. The molecule has 1 fully saturated rings. The Balaban J connectivity index is 0.00000220. The first-order valence-electron chi connectivity index (χ1n) is 7.34. The summed E-state index contributed by atoms with van der Waals surface area (Å²) >= 11 is 1.57. The van der Waals surface area contributed by atoms with Gasteiger partial charge in [-0.15, -0.1) is 23.7 Å². The molecule has 6 heteroatoms. The van der Waals surface area contributed by atoms with Crippen molar-refractivity contribution in [3.63, 3.8) is 0 Å². The van der Waals surface area contributed by atoms with Crippen molar-refractivity contribution in [3.05, 3.63) is 22.4 Å². The van der Waals surface area contributed by atoms with Crippen LogP contribution >= 0.6 is 23.7 Å². The second-order valence-electron chi connectivity index (χ2n) is 5.67. The molecule has 0 saturated carbocycles. The second kappa shape index (κ2) is 8.73. The minimum atomic E-state index is -0.457. The highest BCUT2D eigenvalue weighted by molar-refractivity contribution is 7.10. The zero-order valence-corrected chi connectivity index (χ0v) is 14.0. The Morgan fingerprint density at radius 1 is 1.62 bits per heavy atom. The van der Waals surface area contributed by atoms with E-state index in [0.29, 0.717) is 12.8 Å². The van der Waals surface area contributed by atoms with Gasteiger partial charge >= 0.3 is 0 Å². The molecule has 0 bridgehead atoms. The molecule has 2 rings (SSSR count). The summed E-state index contributed by atoms with van der Waals surface area (Å²) in [6, 6.07) is 4.14. The van der Waals surface area contributed by atoms with Crippen molar-refractivity contribution in [2.45, 2.75) is 57.2 Å². The second-order valence-corrected chi connectivity index (χ2v) is 6.65. The van der Waals surface area contributed by atoms with Crippen LogP contribution in [0.1, 0.15) is 50.0 Å². The van der Waals surface area contributed by atoms with Gasteiger partial charge in [-0.3, -0.25) is 4.79 Å². The van der Waals surface area contributed by atoms with E-state index in [-0.39, 0.29) is 30.4 Å². The van der Waals surface area contributed by atoms with Gasteiger partial charge in [-0.25, -0.2) is 0 Å². The molecule has 0 spiro atoms. The summed E-state index contributed by atoms with van der Waals surface area (Å²) in [4.78, 5) is 15.1. The molecule has 1 aliphatic heterocycles. The average molecular weight is 333 g/mol. The zero-order chi connectivity index (χ0) is 14.5. The summed E-state index contributed by atoms with van der Waals surface area (Å²) < 4.78 is 0. The summed E-state index contributed by atoms with van der Waals surface area (Å²) in [7, 11) is 0. The van der Waals surface area contributed by atoms with Crippen LogP contribution in [-0.4, -0.2) is 34.5 Å². The summed E-state index contributed by atoms with van der Waals surface area (Å²) in [5.74, 6) is 0.183. The number of aliphatic hydroxyl groups excluding tert-OH is 1. The Bertz CT molecular complexity index is 425. The van der Waals surface area contributed by atoms with Gasteiger partial charge in [0.05, 0.1) is 6.10 Å². The van der Waals surface area contributed by atoms with Crippen molar-refractivity contribution < 1.29 is 9.90 Å². The highest BCUT2D eigenvalue weighted by Gasteiger charge is 2.30. The number of amides is 1. The van der Waals surface area contributed by atoms with Crippen molar-refractivity contribution in [2.24, 2.45) is 5.73 Å². The van der Waals surface area contributed by atoms with Gasteiger partial charge in [0.1, 0.15) is 0 Å². The summed E-state index contributed by atoms with van der Waals surface area (Å²) in [6.45, 7) is 2.74. The Kier molecular flexibility index (Phi) is 7.66. The molecule has 1 amide bonds. The third-order valence-corrected chi connectivity index (χ3v) is 4.85. The molecule has 4 nitrogen and oxygen atoms in total. The fraction of sp³-hybridized carbons (Fsp3) is 0.667. The van der Waals surface area contributed by atoms with E-state index in [1.807, 2.05) is 29.3 Å². The number of hydrogen-bond acceptors (Lipinski definition) is 4. The molecule has 0 aliphatic carbocycles. The lowest BCUT2D eigenvalue weighted by Gasteiger charge is -2.26. The topological polar surface area (TPSA) is 66.6 Å². The number of hydrogen-bond donors (Lipinski definition) is 2. The number of aliphatic hydroxyl groups is 1. The van der Waals surface area contributed by atoms with E-state index in [0.717, 1.165) is 30.7 Å². The van der Waals surface area contributed by atoms with Gasteiger partial charge < -0.3 is 15.7 Å². The van der Waals surface area contributed by atoms with Crippen molar-refractivity contribution >= 4 is 29.7 Å². The van der Waals surface area contributed by atoms with Crippen molar-refractivity contribution in [2.75, 3.05) is 6.54 Å². The predicted molar refractivity (Wildman–Crippen MR) is 88.8 cm³/mol. The first-order chi connectivity index (χ1) is 9.58. The normalized spacial score (nSPS) is 20.9. The molecule has 3 unspecified atom stereocenters. The molecule has 1 saturated heterocycles. The van der Waals surface area contributed by atoms with Crippen LogP contribution in [-0.2, 0) is 4.79 Å². The lowest BCUT2D eigenvalue weighted by atomic mass is 10.1. The summed E-state index contributed by atoms with van der Waals surface area (Å²) in [6.07, 6.45) is 3.46. The maximum absolute atomic E-state index is 12.2. The molecule has 120 valence electrons. The molecule has 1 aromatic heterocycles. The van der Waals surface area contributed by atoms with Crippen LogP contribution in [0.2, 0.25) is 0 Å². The minimum Gasteiger partial charge on any atom is -0.387 e. The number of nitrogens with two attached hydrogens (primary N) is 1. The number of nitrogens with zero attached hydrogens (tertiary/aromatic N) is 1. The Morgan fingerprint density at radius 2 is 2.38 bits per heavy atom. The number of rotatable bonds is 6. The zero-order valence-electron chi connectivity index (χ0n) is 12.4. The first-order valence-corrected chi connectivity index (χ1v) is 8.22. The van der Waals surface area contributed by atoms with Crippen molar-refractivity contribution in [1.82, 2.24) is 4.90 Å². The molecule has 1 aliphatic rings. The third-order valence-electron chi connectivity index (χ3n) is 3.88. The van der Waals surface area contributed by atoms with Gasteiger partial charge in [-0.2, -0.15) is 0 Å². The lowest BCUT2D eigenvalue weighted by Crippen LogP contribution is -2.37. The van der Waals surface area contributed by atoms with Crippen LogP contribution in [0.5, 0.6) is 0 Å². The van der Waals surface area contributed by atoms with E-state index in [9.17, 15) is 9.90 Å². The number of carbonyl (C=O) groups is 1. The predicted octanol–water partition coefficient (Wildman–Crippen LogP) is 2.71. The van der Waals surface area contributed by atoms with Crippen molar-refractivity contribution in [1.29, 1.82) is 0 Å². The molecular weight excluding hydrogens is 308 g/mol. The number of carbonyl (C=O) groups excluding carboxylic acids is 1. The Hall–Kier alpha value is -0.620. The van der Waals surface area contributed by atoms with Crippen LogP contribution in [0, 0.1) is 0 Å². The van der Waals surface area contributed by atoms with Gasteiger partial charge in [0.25, 0.3) is 0 Å². The van der Waals surface area contributed by atoms with Gasteiger partial charge in [0.15, 0.2) is 0 Å². The largest absolute Gasteiger partial charge is 0.387 e. The van der Waals surface area contributed by atoms with E-state index in [1.54, 1.807) is 11.3 Å². The Morgan fingerprint density at radius 3 is 3.00 bits per heavy atom. The maximum Gasteiger partial charge on any atom is 0.222 e. The summed E-state index contributed by atoms with van der Waals surface area (Å²) in [5.41, 5.74) is 5.71. The first kappa shape index (κ1) is 18.4. The standard InChI is InChI=1S/C15H24N2O2S.ClH/c1-11(16)6-7-15(19)17-8-2-4-12(17)10-13(18)14-5-3-9-20-14;/h3,5,9,11-13,18H,2,4,6-8,10,16H2,1H3;1H. The highest BCUT2D eigenvalue weighted by atomic mass is 35.5. The van der Waals surface area contributed by atoms with Crippen LogP contribution < -0.4 is 5.73 Å². The van der Waals surface area contributed by atoms with Crippen LogP contribution in [0.3, 0.4) is 0 Å². The number of likely N-dealkylation sites (tertiary alicyclic amines) is 1. The fourth-order valence-corrected chi connectivity index (χ4v) is 3.48. The molecule has 0 aromatic carbocycles. The van der Waals surface area contributed by atoms with Gasteiger partial charge in [0.2, 0.25) is 5.91 Å². The van der Waals surface area contributed by atoms with Crippen molar-refractivity contribution in [3.8, 4) is 0 Å². The average Bonchev–Trinajstić information content (AvgIpc) is 3.06. The van der Waals surface area contributed by atoms with Gasteiger partial charge in [-0.1, -0.05) is 6.07 Å². The van der Waals surface area contributed by atoms with Crippen LogP contribution in [0.4, 0.5) is 0 Å². The lowest BCUT2D eigenvalue weighted by molar-refractivity contribution is -0.132. The van der Waals surface area contributed by atoms with E-state index < -0.39 is 6.10 Å². The van der Waals surface area contributed by atoms with Crippen LogP contribution in [0.15, 0.2) is 17.5 Å². The SMILES string of the molecule is CC(N)CCC(=O)N1CCCC1CC(O)c1cccs1.Cl. The quantitative estimate of drug-likeness (QED) is 0.841. The van der Waals surface area contributed by atoms with E-state index in [4.69, 9.17) is 5.73 Å². The molecular formula is C15H25ClN2O2S. The van der Waals surface area contributed by atoms with Crippen LogP contribution in [0.25, 0.3) is 0 Å². The maximum atomic E-state index is 12.2. The number of thiophene rings is 1. The van der Waals surface area contributed by atoms with E-state index >= 15 is 0 Å². The fourth-order valence-electron chi connectivity index (χ4n) is 2.76. The van der Waals surface area contributed by atoms with E-state index in [1.165, 1.54) is 0 Å². The van der Waals surface area contributed by atoms with E-state index in [2.05, 4.69) is 0 Å². The molecule has 21 heavy (non-hydrogen) atoms. The van der Waals surface area contributed by atoms with Gasteiger partial charge in [0, 0.05) is 29.9 Å². The monoisotopic (exact) mass is 332 g/mol. The molecule has 3 N–H and O–H groups in total. The van der Waals surface area contributed by atoms with Gasteiger partial charge in [-0.05, 0) is 44.1 Å².